The van der Waals surface area contributed by atoms with Crippen molar-refractivity contribution in [1.29, 1.82) is 0 Å². The molecule has 0 aliphatic rings. The molecule has 3 nitrogen and oxygen atoms in total. The molecule has 0 spiro atoms. The van der Waals surface area contributed by atoms with Gasteiger partial charge in [0.05, 0.1) is 15.7 Å². The summed E-state index contributed by atoms with van der Waals surface area (Å²) < 4.78 is 0.774. The number of halogens is 2. The van der Waals surface area contributed by atoms with Crippen LogP contribution in [-0.4, -0.2) is 15.0 Å². The Labute approximate surface area is 136 Å². The molecule has 106 valence electrons. The maximum atomic E-state index is 6.20. The van der Waals surface area contributed by atoms with Gasteiger partial charge in [0, 0.05) is 5.39 Å². The van der Waals surface area contributed by atoms with Crippen molar-refractivity contribution in [3.8, 4) is 11.5 Å². The molecule has 0 bridgehead atoms. The monoisotopic (exact) mass is 361 g/mol. The Hall–Kier alpha value is -1.52. The van der Waals surface area contributed by atoms with Crippen molar-refractivity contribution in [1.82, 2.24) is 15.0 Å². The van der Waals surface area contributed by atoms with Crippen molar-refractivity contribution < 1.29 is 0 Å². The first-order chi connectivity index (χ1) is 10.2. The molecule has 0 fully saturated rings. The summed E-state index contributed by atoms with van der Waals surface area (Å²) in [6.07, 6.45) is 1.85. The summed E-state index contributed by atoms with van der Waals surface area (Å²) in [7, 11) is 0. The molecule has 2 heterocycles. The lowest BCUT2D eigenvalue weighted by Crippen LogP contribution is -1.99. The number of pyridine rings is 1. The minimum atomic E-state index is 0.429. The first-order valence-electron chi connectivity index (χ1n) is 6.77. The van der Waals surface area contributed by atoms with E-state index < -0.39 is 0 Å². The third kappa shape index (κ3) is 2.92. The highest BCUT2D eigenvalue weighted by Gasteiger charge is 2.12. The lowest BCUT2D eigenvalue weighted by atomic mass is 10.2. The van der Waals surface area contributed by atoms with Crippen LogP contribution in [0.1, 0.15) is 19.0 Å². The lowest BCUT2D eigenvalue weighted by Gasteiger charge is -2.07. The van der Waals surface area contributed by atoms with Crippen molar-refractivity contribution >= 4 is 38.4 Å². The van der Waals surface area contributed by atoms with Gasteiger partial charge >= 0.3 is 0 Å². The Morgan fingerprint density at radius 1 is 1.05 bits per heavy atom. The number of hydrogen-bond donors (Lipinski definition) is 0. The molecule has 5 heteroatoms. The highest BCUT2D eigenvalue weighted by atomic mass is 79.9. The lowest BCUT2D eigenvalue weighted by molar-refractivity contribution is 0.867. The van der Waals surface area contributed by atoms with Crippen LogP contribution in [0.3, 0.4) is 0 Å². The van der Waals surface area contributed by atoms with Gasteiger partial charge in [0.15, 0.2) is 5.82 Å². The summed E-state index contributed by atoms with van der Waals surface area (Å²) in [4.78, 5) is 13.6. The Kier molecular flexibility index (Phi) is 4.17. The molecular weight excluding hydrogens is 350 g/mol. The van der Waals surface area contributed by atoms with Crippen LogP contribution >= 0.6 is 27.5 Å². The Balaban J connectivity index is 2.13. The van der Waals surface area contributed by atoms with E-state index in [0.29, 0.717) is 11.0 Å². The first kappa shape index (κ1) is 14.4. The van der Waals surface area contributed by atoms with E-state index in [9.17, 15) is 0 Å². The predicted octanol–water partition coefficient (Wildman–Crippen LogP) is 5.06. The van der Waals surface area contributed by atoms with Gasteiger partial charge in [-0.2, -0.15) is 0 Å². The Bertz CT molecular complexity index is 805. The predicted molar refractivity (Wildman–Crippen MR) is 89.5 cm³/mol. The molecule has 0 aliphatic carbocycles. The van der Waals surface area contributed by atoms with E-state index >= 15 is 0 Å². The fourth-order valence-corrected chi connectivity index (χ4v) is 2.74. The quantitative estimate of drug-likeness (QED) is 0.611. The van der Waals surface area contributed by atoms with E-state index in [1.807, 2.05) is 36.4 Å². The van der Waals surface area contributed by atoms with Crippen molar-refractivity contribution in [2.24, 2.45) is 0 Å². The molecule has 0 atom stereocenters. The number of benzene rings is 1. The zero-order valence-electron chi connectivity index (χ0n) is 11.5. The third-order valence-electron chi connectivity index (χ3n) is 3.19. The van der Waals surface area contributed by atoms with Crippen molar-refractivity contribution in [2.75, 3.05) is 0 Å². The van der Waals surface area contributed by atoms with Crippen LogP contribution in [0, 0.1) is 0 Å². The number of aryl methyl sites for hydroxylation is 1. The third-order valence-corrected chi connectivity index (χ3v) is 4.53. The Morgan fingerprint density at radius 3 is 2.67 bits per heavy atom. The number of para-hydroxylation sites is 1. The van der Waals surface area contributed by atoms with Gasteiger partial charge in [0.25, 0.3) is 0 Å². The van der Waals surface area contributed by atoms with E-state index in [-0.39, 0.29) is 0 Å². The van der Waals surface area contributed by atoms with Gasteiger partial charge in [-0.25, -0.2) is 15.0 Å². The summed E-state index contributed by atoms with van der Waals surface area (Å²) in [6.45, 7) is 2.11. The van der Waals surface area contributed by atoms with Crippen LogP contribution in [-0.2, 0) is 6.42 Å². The highest BCUT2D eigenvalue weighted by Crippen LogP contribution is 2.27. The first-order valence-corrected chi connectivity index (χ1v) is 7.94. The summed E-state index contributed by atoms with van der Waals surface area (Å²) in [5, 5.41) is 1.52. The van der Waals surface area contributed by atoms with Gasteiger partial charge in [0.1, 0.15) is 10.8 Å². The van der Waals surface area contributed by atoms with Gasteiger partial charge in [-0.1, -0.05) is 49.2 Å². The Morgan fingerprint density at radius 2 is 1.86 bits per heavy atom. The normalized spacial score (nSPS) is 11.0. The van der Waals surface area contributed by atoms with Crippen LogP contribution in [0.4, 0.5) is 0 Å². The number of nitrogens with zero attached hydrogens (tertiary/aromatic N) is 3. The van der Waals surface area contributed by atoms with Crippen LogP contribution < -0.4 is 0 Å². The van der Waals surface area contributed by atoms with Crippen molar-refractivity contribution in [3.63, 3.8) is 0 Å². The number of fused-ring (bicyclic) bond motifs is 1. The van der Waals surface area contributed by atoms with Gasteiger partial charge in [0.2, 0.25) is 0 Å². The zero-order chi connectivity index (χ0) is 14.8. The van der Waals surface area contributed by atoms with Crippen LogP contribution in [0.25, 0.3) is 22.4 Å². The summed E-state index contributed by atoms with van der Waals surface area (Å²) >= 11 is 9.65. The van der Waals surface area contributed by atoms with E-state index in [1.54, 1.807) is 0 Å². The SMILES string of the molecule is CCCc1nc(-c2ccc3ccccc3n2)nc(Cl)c1Br. The topological polar surface area (TPSA) is 38.7 Å². The van der Waals surface area contributed by atoms with Gasteiger partial charge < -0.3 is 0 Å². The molecule has 2 aromatic heterocycles. The van der Waals surface area contributed by atoms with E-state index in [2.05, 4.69) is 37.8 Å². The molecule has 0 N–H and O–H groups in total. The standard InChI is InChI=1S/C16H13BrClN3/c1-2-5-12-14(17)15(18)21-16(20-12)13-9-8-10-6-3-4-7-11(10)19-13/h3-4,6-9H,2,5H2,1H3. The van der Waals surface area contributed by atoms with Gasteiger partial charge in [-0.05, 0) is 34.5 Å². The number of hydrogen-bond acceptors (Lipinski definition) is 3. The fourth-order valence-electron chi connectivity index (χ4n) is 2.17. The molecule has 1 aromatic carbocycles. The second kappa shape index (κ2) is 6.08. The van der Waals surface area contributed by atoms with E-state index in [4.69, 9.17) is 11.6 Å². The largest absolute Gasteiger partial charge is 0.244 e. The average Bonchev–Trinajstić information content (AvgIpc) is 2.51. The van der Waals surface area contributed by atoms with E-state index in [0.717, 1.165) is 39.6 Å². The molecule has 0 saturated heterocycles. The number of rotatable bonds is 3. The van der Waals surface area contributed by atoms with Crippen molar-refractivity contribution in [2.45, 2.75) is 19.8 Å². The molecule has 0 unspecified atom stereocenters. The van der Waals surface area contributed by atoms with Crippen LogP contribution in [0.15, 0.2) is 40.9 Å². The fraction of sp³-hybridized carbons (Fsp3) is 0.188. The summed E-state index contributed by atoms with van der Waals surface area (Å²) in [6, 6.07) is 11.9. The molecule has 3 rings (SSSR count). The molecule has 21 heavy (non-hydrogen) atoms. The minimum absolute atomic E-state index is 0.429. The summed E-state index contributed by atoms with van der Waals surface area (Å²) in [5.41, 5.74) is 2.58. The molecule has 0 aliphatic heterocycles. The van der Waals surface area contributed by atoms with Crippen LogP contribution in [0.5, 0.6) is 0 Å². The molecule has 0 radical (unpaired) electrons. The summed E-state index contributed by atoms with van der Waals surface area (Å²) in [5.74, 6) is 0.567. The van der Waals surface area contributed by atoms with Crippen LogP contribution in [0.2, 0.25) is 5.15 Å². The maximum absolute atomic E-state index is 6.20. The smallest absolute Gasteiger partial charge is 0.179 e. The van der Waals surface area contributed by atoms with E-state index in [1.165, 1.54) is 0 Å². The minimum Gasteiger partial charge on any atom is -0.244 e. The second-order valence-corrected chi connectivity index (χ2v) is 5.89. The second-order valence-electron chi connectivity index (χ2n) is 4.74. The molecule has 0 saturated carbocycles. The molecule has 3 aromatic rings. The molecular formula is C16H13BrClN3. The van der Waals surface area contributed by atoms with Gasteiger partial charge in [-0.15, -0.1) is 0 Å². The maximum Gasteiger partial charge on any atom is 0.179 e. The average molecular weight is 363 g/mol. The highest BCUT2D eigenvalue weighted by molar-refractivity contribution is 9.10. The number of aromatic nitrogens is 3. The van der Waals surface area contributed by atoms with Gasteiger partial charge in [-0.3, -0.25) is 0 Å². The molecule has 0 amide bonds. The zero-order valence-corrected chi connectivity index (χ0v) is 13.8. The van der Waals surface area contributed by atoms with Crippen molar-refractivity contribution in [3.05, 3.63) is 51.7 Å².